The van der Waals surface area contributed by atoms with Gasteiger partial charge in [0, 0.05) is 24.2 Å². The molecule has 1 aliphatic rings. The fourth-order valence-electron chi connectivity index (χ4n) is 4.13. The van der Waals surface area contributed by atoms with Crippen LogP contribution in [0.5, 0.6) is 5.75 Å². The summed E-state index contributed by atoms with van der Waals surface area (Å²) >= 11 is 0. The molecule has 0 radical (unpaired) electrons. The van der Waals surface area contributed by atoms with Gasteiger partial charge in [0.2, 0.25) is 0 Å². The van der Waals surface area contributed by atoms with E-state index in [1.165, 1.54) is 18.4 Å². The number of ether oxygens (including phenoxy) is 1. The van der Waals surface area contributed by atoms with Crippen molar-refractivity contribution in [3.05, 3.63) is 58.9 Å². The Morgan fingerprint density at radius 3 is 2.50 bits per heavy atom. The molecule has 1 aromatic heterocycles. The van der Waals surface area contributed by atoms with E-state index in [9.17, 15) is 4.79 Å². The molecule has 0 bridgehead atoms. The minimum Gasteiger partial charge on any atom is -0.483 e. The number of fused-ring (bicyclic) bond motifs is 1. The molecule has 1 aliphatic heterocycles. The van der Waals surface area contributed by atoms with E-state index in [2.05, 4.69) is 39.1 Å². The average Bonchev–Trinajstić information content (AvgIpc) is 2.96. The first-order chi connectivity index (χ1) is 14.5. The third kappa shape index (κ3) is 4.37. The van der Waals surface area contributed by atoms with Crippen LogP contribution in [0.1, 0.15) is 41.8 Å². The molecule has 0 spiro atoms. The maximum atomic E-state index is 12.4. The third-order valence-electron chi connectivity index (χ3n) is 5.49. The molecule has 0 aliphatic carbocycles. The molecule has 30 heavy (non-hydrogen) atoms. The molecule has 2 heterocycles. The van der Waals surface area contributed by atoms with Gasteiger partial charge in [-0.05, 0) is 69.0 Å². The Morgan fingerprint density at radius 2 is 1.77 bits per heavy atom. The Hall–Kier alpha value is -3.15. The minimum atomic E-state index is -0.182. The number of aryl methyl sites for hydroxylation is 4. The van der Waals surface area contributed by atoms with E-state index in [1.54, 1.807) is 0 Å². The first kappa shape index (κ1) is 20.1. The zero-order chi connectivity index (χ0) is 21.1. The van der Waals surface area contributed by atoms with Gasteiger partial charge in [0.15, 0.2) is 12.4 Å². The SMILES string of the molecule is Cc1cc(C)c(OCC(=O)Nc2ccc(-c3nnc4n3CCCCC4)cc2)c(C)c1. The Bertz CT molecular complexity index is 1030. The number of benzene rings is 2. The van der Waals surface area contributed by atoms with Gasteiger partial charge in [-0.1, -0.05) is 24.1 Å². The number of rotatable bonds is 5. The highest BCUT2D eigenvalue weighted by molar-refractivity contribution is 5.92. The highest BCUT2D eigenvalue weighted by Gasteiger charge is 2.16. The molecule has 2 aromatic carbocycles. The molecule has 1 amide bonds. The van der Waals surface area contributed by atoms with Gasteiger partial charge in [-0.2, -0.15) is 0 Å². The Balaban J connectivity index is 1.39. The monoisotopic (exact) mass is 404 g/mol. The molecule has 0 saturated carbocycles. The van der Waals surface area contributed by atoms with Gasteiger partial charge in [0.05, 0.1) is 0 Å². The standard InChI is InChI=1S/C24H28N4O2/c1-16-13-17(2)23(18(3)14-16)30-15-22(29)25-20-10-8-19(9-11-20)24-27-26-21-7-5-4-6-12-28(21)24/h8-11,13-14H,4-7,12,15H2,1-3H3,(H,25,29). The molecule has 0 unspecified atom stereocenters. The van der Waals surface area contributed by atoms with Crippen molar-refractivity contribution in [1.82, 2.24) is 14.8 Å². The number of carbonyl (C=O) groups excluding carboxylic acids is 1. The van der Waals surface area contributed by atoms with Gasteiger partial charge >= 0.3 is 0 Å². The van der Waals surface area contributed by atoms with E-state index in [1.807, 2.05) is 38.1 Å². The number of nitrogens with zero attached hydrogens (tertiary/aromatic N) is 3. The number of amides is 1. The van der Waals surface area contributed by atoms with Crippen LogP contribution in [-0.2, 0) is 17.8 Å². The zero-order valence-electron chi connectivity index (χ0n) is 17.9. The average molecular weight is 405 g/mol. The summed E-state index contributed by atoms with van der Waals surface area (Å²) in [5.74, 6) is 2.56. The second-order valence-corrected chi connectivity index (χ2v) is 8.04. The largest absolute Gasteiger partial charge is 0.483 e. The van der Waals surface area contributed by atoms with E-state index in [0.29, 0.717) is 0 Å². The molecule has 1 N–H and O–H groups in total. The third-order valence-corrected chi connectivity index (χ3v) is 5.49. The van der Waals surface area contributed by atoms with E-state index in [-0.39, 0.29) is 12.5 Å². The summed E-state index contributed by atoms with van der Waals surface area (Å²) in [5, 5.41) is 11.7. The van der Waals surface area contributed by atoms with Crippen molar-refractivity contribution in [2.45, 2.75) is 53.0 Å². The Kier molecular flexibility index (Phi) is 5.84. The van der Waals surface area contributed by atoms with Crippen LogP contribution in [0.2, 0.25) is 0 Å². The van der Waals surface area contributed by atoms with Crippen LogP contribution in [0, 0.1) is 20.8 Å². The van der Waals surface area contributed by atoms with Crippen molar-refractivity contribution in [3.8, 4) is 17.1 Å². The smallest absolute Gasteiger partial charge is 0.262 e. The van der Waals surface area contributed by atoms with E-state index >= 15 is 0 Å². The summed E-state index contributed by atoms with van der Waals surface area (Å²) in [6.45, 7) is 6.99. The number of aromatic nitrogens is 3. The van der Waals surface area contributed by atoms with E-state index < -0.39 is 0 Å². The van der Waals surface area contributed by atoms with Crippen LogP contribution in [0.25, 0.3) is 11.4 Å². The number of carbonyl (C=O) groups is 1. The van der Waals surface area contributed by atoms with E-state index in [4.69, 9.17) is 4.74 Å². The van der Waals surface area contributed by atoms with Gasteiger partial charge in [-0.3, -0.25) is 4.79 Å². The predicted molar refractivity (Wildman–Crippen MR) is 118 cm³/mol. The Morgan fingerprint density at radius 1 is 1.03 bits per heavy atom. The second kappa shape index (κ2) is 8.69. The summed E-state index contributed by atoms with van der Waals surface area (Å²) in [7, 11) is 0. The maximum absolute atomic E-state index is 12.4. The van der Waals surface area contributed by atoms with Crippen LogP contribution in [0.3, 0.4) is 0 Å². The lowest BCUT2D eigenvalue weighted by molar-refractivity contribution is -0.118. The molecular weight excluding hydrogens is 376 g/mol. The second-order valence-electron chi connectivity index (χ2n) is 8.04. The number of hydrogen-bond acceptors (Lipinski definition) is 4. The zero-order valence-corrected chi connectivity index (χ0v) is 17.9. The molecule has 6 nitrogen and oxygen atoms in total. The van der Waals surface area contributed by atoms with Gasteiger partial charge in [-0.15, -0.1) is 10.2 Å². The lowest BCUT2D eigenvalue weighted by atomic mass is 10.1. The van der Waals surface area contributed by atoms with Crippen molar-refractivity contribution < 1.29 is 9.53 Å². The van der Waals surface area contributed by atoms with E-state index in [0.717, 1.165) is 59.2 Å². The summed E-state index contributed by atoms with van der Waals surface area (Å²) in [4.78, 5) is 12.4. The topological polar surface area (TPSA) is 69.0 Å². The first-order valence-corrected chi connectivity index (χ1v) is 10.5. The Labute approximate surface area is 177 Å². The van der Waals surface area contributed by atoms with Crippen LogP contribution < -0.4 is 10.1 Å². The molecule has 0 atom stereocenters. The molecule has 6 heteroatoms. The van der Waals surface area contributed by atoms with Crippen molar-refractivity contribution in [1.29, 1.82) is 0 Å². The normalized spacial score (nSPS) is 13.4. The molecular formula is C24H28N4O2. The highest BCUT2D eigenvalue weighted by Crippen LogP contribution is 2.25. The predicted octanol–water partition coefficient (Wildman–Crippen LogP) is 4.61. The van der Waals surface area contributed by atoms with Gasteiger partial charge in [-0.25, -0.2) is 0 Å². The molecule has 4 rings (SSSR count). The van der Waals surface area contributed by atoms with Crippen LogP contribution in [0.4, 0.5) is 5.69 Å². The summed E-state index contributed by atoms with van der Waals surface area (Å²) in [5.41, 5.74) is 5.01. The van der Waals surface area contributed by atoms with Crippen molar-refractivity contribution in [2.24, 2.45) is 0 Å². The van der Waals surface area contributed by atoms with Crippen molar-refractivity contribution in [2.75, 3.05) is 11.9 Å². The number of hydrogen-bond donors (Lipinski definition) is 1. The first-order valence-electron chi connectivity index (χ1n) is 10.5. The number of anilines is 1. The highest BCUT2D eigenvalue weighted by atomic mass is 16.5. The van der Waals surface area contributed by atoms with Gasteiger partial charge in [0.1, 0.15) is 11.6 Å². The van der Waals surface area contributed by atoms with Crippen LogP contribution >= 0.6 is 0 Å². The van der Waals surface area contributed by atoms with Crippen molar-refractivity contribution >= 4 is 11.6 Å². The van der Waals surface area contributed by atoms with Crippen molar-refractivity contribution in [3.63, 3.8) is 0 Å². The summed E-state index contributed by atoms with van der Waals surface area (Å²) in [6.07, 6.45) is 4.55. The fraction of sp³-hybridized carbons (Fsp3) is 0.375. The molecule has 0 saturated heterocycles. The van der Waals surface area contributed by atoms with Gasteiger partial charge < -0.3 is 14.6 Å². The summed E-state index contributed by atoms with van der Waals surface area (Å²) < 4.78 is 8.00. The summed E-state index contributed by atoms with van der Waals surface area (Å²) in [6, 6.07) is 11.9. The molecule has 156 valence electrons. The van der Waals surface area contributed by atoms with Crippen LogP contribution in [-0.4, -0.2) is 27.3 Å². The minimum absolute atomic E-state index is 0.0236. The lowest BCUT2D eigenvalue weighted by Crippen LogP contribution is -2.20. The molecule has 0 fully saturated rings. The quantitative estimate of drug-likeness (QED) is 0.674. The fourth-order valence-corrected chi connectivity index (χ4v) is 4.13. The molecule has 3 aromatic rings. The maximum Gasteiger partial charge on any atom is 0.262 e. The van der Waals surface area contributed by atoms with Crippen LogP contribution in [0.15, 0.2) is 36.4 Å². The van der Waals surface area contributed by atoms with Gasteiger partial charge in [0.25, 0.3) is 5.91 Å². The number of nitrogens with one attached hydrogen (secondary N) is 1. The lowest BCUT2D eigenvalue weighted by Gasteiger charge is -2.13.